The van der Waals surface area contributed by atoms with Crippen molar-refractivity contribution in [2.24, 2.45) is 13.0 Å². The summed E-state index contributed by atoms with van der Waals surface area (Å²) in [7, 11) is 0.895. The van der Waals surface area contributed by atoms with E-state index in [4.69, 9.17) is 9.72 Å². The molecule has 0 saturated carbocycles. The quantitative estimate of drug-likeness (QED) is 0.0703. The average Bonchev–Trinajstić information content (AvgIpc) is 3.99. The molecule has 5 aliphatic heterocycles. The lowest BCUT2D eigenvalue weighted by atomic mass is 9.95. The van der Waals surface area contributed by atoms with E-state index in [2.05, 4.69) is 73.7 Å². The Morgan fingerprint density at radius 1 is 0.740 bits per heavy atom. The number of piperidine rings is 3. The number of nitrogens with one attached hydrogen (secondary N) is 3. The first kappa shape index (κ1) is 52.1. The smallest absolute Gasteiger partial charge is 0.262 e. The molecule has 20 heteroatoms. The van der Waals surface area contributed by atoms with Gasteiger partial charge in [-0.25, -0.2) is 4.98 Å². The maximum atomic E-state index is 13.7. The second-order valence-electron chi connectivity index (χ2n) is 21.2. The molecule has 4 aromatic carbocycles. The Hall–Kier alpha value is -6.92. The van der Waals surface area contributed by atoms with Crippen molar-refractivity contribution in [1.82, 2.24) is 39.8 Å². The minimum atomic E-state index is -2.71. The third-order valence-corrected chi connectivity index (χ3v) is 18.0. The molecule has 6 aromatic rings. The summed E-state index contributed by atoms with van der Waals surface area (Å²) in [5, 5.41) is 14.4. The van der Waals surface area contributed by atoms with Crippen molar-refractivity contribution in [2.45, 2.75) is 50.6 Å². The van der Waals surface area contributed by atoms with E-state index in [9.17, 15) is 23.7 Å². The number of anilines is 6. The van der Waals surface area contributed by atoms with Gasteiger partial charge in [0, 0.05) is 125 Å². The zero-order chi connectivity index (χ0) is 53.5. The second-order valence-corrected chi connectivity index (χ2v) is 25.3. The van der Waals surface area contributed by atoms with Crippen LogP contribution in [0.25, 0.3) is 22.3 Å². The van der Waals surface area contributed by atoms with Crippen molar-refractivity contribution >= 4 is 86.5 Å². The van der Waals surface area contributed by atoms with Gasteiger partial charge in [-0.3, -0.25) is 39.0 Å². The van der Waals surface area contributed by atoms with Crippen molar-refractivity contribution in [1.29, 1.82) is 0 Å². The van der Waals surface area contributed by atoms with Crippen LogP contribution in [0, 0.1) is 5.92 Å². The van der Waals surface area contributed by atoms with Crippen LogP contribution in [0.1, 0.15) is 59.2 Å². The largest absolute Gasteiger partial charge is 0.494 e. The van der Waals surface area contributed by atoms with Crippen LogP contribution in [0.4, 0.5) is 34.5 Å². The molecule has 5 aliphatic rings. The summed E-state index contributed by atoms with van der Waals surface area (Å²) in [6.45, 7) is 12.4. The molecule has 18 nitrogen and oxygen atoms in total. The zero-order valence-electron chi connectivity index (χ0n) is 43.9. The Balaban J connectivity index is 0.699. The standard InChI is InChI=1S/C57H64BrN12O6P/c1-65-35-39(32-60-65)43-30-47(62-57-59-33-45(58)53(64-57)61-46-13-10-38(28-51(46)77(3,4)75)37-8-6-5-7-9-37)50(76-2)31-49(43)69-22-18-40(19-23-69)68-26-24-66(25-27-68)34-36-16-20-67(21-17-36)41-11-12-42-44(29-41)56(74)70(55(42)73)48-14-15-52(71)63-54(48)72/h5-13,28-33,35-36,40,48H,14-27,34H2,1-4H3,(H,63,71,72)(H2,59,61,62,64). The monoisotopic (exact) mass is 1120 g/mol. The third kappa shape index (κ3) is 11.0. The van der Waals surface area contributed by atoms with E-state index in [-0.39, 0.29) is 18.7 Å². The summed E-state index contributed by atoms with van der Waals surface area (Å²) < 4.78 is 22.2. The number of fused-ring (bicyclic) bond motifs is 1. The predicted octanol–water partition coefficient (Wildman–Crippen LogP) is 7.95. The van der Waals surface area contributed by atoms with Crippen molar-refractivity contribution in [2.75, 3.05) is 99.8 Å². The first-order valence-corrected chi connectivity index (χ1v) is 29.9. The summed E-state index contributed by atoms with van der Waals surface area (Å²) in [4.78, 5) is 71.6. The highest BCUT2D eigenvalue weighted by Crippen LogP contribution is 2.43. The lowest BCUT2D eigenvalue weighted by Gasteiger charge is -2.44. The maximum absolute atomic E-state index is 13.7. The maximum Gasteiger partial charge on any atom is 0.262 e. The van der Waals surface area contributed by atoms with Crippen molar-refractivity contribution in [3.63, 3.8) is 0 Å². The molecule has 0 bridgehead atoms. The van der Waals surface area contributed by atoms with Gasteiger partial charge in [-0.1, -0.05) is 36.4 Å². The molecule has 2 aromatic heterocycles. The predicted molar refractivity (Wildman–Crippen MR) is 304 cm³/mol. The highest BCUT2D eigenvalue weighted by molar-refractivity contribution is 9.10. The third-order valence-electron chi connectivity index (χ3n) is 15.9. The zero-order valence-corrected chi connectivity index (χ0v) is 46.4. The van der Waals surface area contributed by atoms with Gasteiger partial charge >= 0.3 is 0 Å². The van der Waals surface area contributed by atoms with Crippen molar-refractivity contribution < 1.29 is 28.5 Å². The Bertz CT molecular complexity index is 3290. The van der Waals surface area contributed by atoms with Crippen LogP contribution in [-0.4, -0.2) is 150 Å². The number of benzene rings is 4. The topological polar surface area (TPSA) is 190 Å². The Morgan fingerprint density at radius 2 is 1.48 bits per heavy atom. The minimum absolute atomic E-state index is 0.0938. The van der Waals surface area contributed by atoms with Gasteiger partial charge in [0.25, 0.3) is 11.8 Å². The van der Waals surface area contributed by atoms with Crippen LogP contribution in [0.2, 0.25) is 0 Å². The SMILES string of the molecule is COc1cc(N2CCC(N3CCN(CC4CCN(c5ccc6c(c5)C(=O)N(C5CCC(=O)NC5=O)C6=O)CC4)CC3)CC2)c(-c2cnn(C)c2)cc1Nc1ncc(Br)c(Nc2ccc(-c3ccccc3)cc2P(C)(C)=O)n1. The normalized spacial score (nSPS) is 19.2. The van der Waals surface area contributed by atoms with Gasteiger partial charge in [0.15, 0.2) is 0 Å². The van der Waals surface area contributed by atoms with Gasteiger partial charge in [-0.2, -0.15) is 10.1 Å². The first-order valence-electron chi connectivity index (χ1n) is 26.5. The Kier molecular flexibility index (Phi) is 14.8. The van der Waals surface area contributed by atoms with Crippen LogP contribution in [0.15, 0.2) is 102 Å². The molecule has 4 fully saturated rings. The minimum Gasteiger partial charge on any atom is -0.494 e. The second kappa shape index (κ2) is 21.8. The number of ether oxygens (including phenoxy) is 1. The molecule has 3 N–H and O–H groups in total. The number of hydrogen-bond acceptors (Lipinski definition) is 15. The van der Waals surface area contributed by atoms with E-state index >= 15 is 0 Å². The number of halogens is 1. The number of hydrogen-bond donors (Lipinski definition) is 3. The molecule has 7 heterocycles. The van der Waals surface area contributed by atoms with Gasteiger partial charge in [-0.05, 0) is 115 Å². The van der Waals surface area contributed by atoms with E-state index in [0.29, 0.717) is 56.4 Å². The summed E-state index contributed by atoms with van der Waals surface area (Å²) in [6, 6.07) is 25.2. The van der Waals surface area contributed by atoms with Crippen molar-refractivity contribution in [3.05, 3.63) is 113 Å². The highest BCUT2D eigenvalue weighted by atomic mass is 79.9. The summed E-state index contributed by atoms with van der Waals surface area (Å²) >= 11 is 3.65. The number of amides is 4. The number of nitrogens with zero attached hydrogens (tertiary/aromatic N) is 9. The van der Waals surface area contributed by atoms with Crippen LogP contribution < -0.4 is 35.8 Å². The number of methoxy groups -OCH3 is 1. The van der Waals surface area contributed by atoms with Gasteiger partial charge in [0.2, 0.25) is 17.8 Å². The fourth-order valence-electron chi connectivity index (χ4n) is 11.7. The van der Waals surface area contributed by atoms with Crippen LogP contribution in [0.5, 0.6) is 5.75 Å². The number of imide groups is 2. The lowest BCUT2D eigenvalue weighted by Crippen LogP contribution is -2.54. The molecular formula is C57H64BrN12O6P. The molecule has 1 atom stereocenters. The molecular weight excluding hydrogens is 1060 g/mol. The number of carbonyl (C=O) groups is 4. The summed E-state index contributed by atoms with van der Waals surface area (Å²) in [6.07, 6.45) is 10.0. The molecule has 4 amide bonds. The first-order chi connectivity index (χ1) is 37.2. The number of aryl methyl sites for hydroxylation is 1. The van der Waals surface area contributed by atoms with Crippen LogP contribution in [-0.2, 0) is 21.2 Å². The van der Waals surface area contributed by atoms with E-state index in [1.54, 1.807) is 38.8 Å². The number of carbonyl (C=O) groups excluding carboxylic acids is 4. The fourth-order valence-corrected chi connectivity index (χ4v) is 13.2. The Morgan fingerprint density at radius 3 is 2.18 bits per heavy atom. The summed E-state index contributed by atoms with van der Waals surface area (Å²) in [5.41, 5.74) is 8.09. The highest BCUT2D eigenvalue weighted by Gasteiger charge is 2.45. The number of piperazine rings is 1. The van der Waals surface area contributed by atoms with E-state index < -0.39 is 30.9 Å². The molecule has 0 radical (unpaired) electrons. The van der Waals surface area contributed by atoms with E-state index in [1.165, 1.54) is 0 Å². The molecule has 0 spiro atoms. The van der Waals surface area contributed by atoms with Crippen LogP contribution in [0.3, 0.4) is 0 Å². The number of rotatable bonds is 14. The molecule has 400 valence electrons. The van der Waals surface area contributed by atoms with Crippen LogP contribution >= 0.6 is 23.1 Å². The Labute approximate surface area is 457 Å². The van der Waals surface area contributed by atoms with Gasteiger partial charge < -0.3 is 34.6 Å². The molecule has 4 saturated heterocycles. The molecule has 11 rings (SSSR count). The molecule has 1 unspecified atom stereocenters. The van der Waals surface area contributed by atoms with Gasteiger partial charge in [0.05, 0.1) is 40.3 Å². The number of aromatic nitrogens is 4. The molecule has 0 aliphatic carbocycles. The van der Waals surface area contributed by atoms with E-state index in [0.717, 1.165) is 128 Å². The molecule has 77 heavy (non-hydrogen) atoms. The lowest BCUT2D eigenvalue weighted by molar-refractivity contribution is -0.136. The van der Waals surface area contributed by atoms with Crippen molar-refractivity contribution in [3.8, 4) is 28.0 Å². The average molecular weight is 1120 g/mol. The fraction of sp³-hybridized carbons (Fsp3) is 0.386. The summed E-state index contributed by atoms with van der Waals surface area (Å²) in [5.74, 6) is 0.176. The van der Waals surface area contributed by atoms with Gasteiger partial charge in [-0.15, -0.1) is 0 Å². The van der Waals surface area contributed by atoms with E-state index in [1.807, 2.05) is 78.7 Å². The van der Waals surface area contributed by atoms with Gasteiger partial charge in [0.1, 0.15) is 24.8 Å².